The summed E-state index contributed by atoms with van der Waals surface area (Å²) in [4.78, 5) is 4.10. The summed E-state index contributed by atoms with van der Waals surface area (Å²) in [5, 5.41) is 0. The van der Waals surface area contributed by atoms with Gasteiger partial charge in [-0.25, -0.2) is 8.42 Å². The van der Waals surface area contributed by atoms with Crippen molar-refractivity contribution in [1.82, 2.24) is 9.29 Å². The second kappa shape index (κ2) is 5.52. The monoisotopic (exact) mass is 299 g/mol. The summed E-state index contributed by atoms with van der Waals surface area (Å²) in [5.41, 5.74) is 5.74. The number of hydrogen-bond acceptors (Lipinski definition) is 4. The van der Waals surface area contributed by atoms with Crippen LogP contribution in [0.2, 0.25) is 0 Å². The van der Waals surface area contributed by atoms with Gasteiger partial charge in [0.1, 0.15) is 15.6 Å². The van der Waals surface area contributed by atoms with Crippen molar-refractivity contribution in [3.63, 3.8) is 0 Å². The molecule has 0 spiro atoms. The number of hydrogen-bond donors (Lipinski definition) is 1. The molecular weight excluding hydrogens is 282 g/mol. The molecule has 0 saturated carbocycles. The fourth-order valence-electron chi connectivity index (χ4n) is 2.34. The maximum atomic E-state index is 12.7. The first-order chi connectivity index (χ1) is 8.94. The molecule has 0 radical (unpaired) electrons. The first kappa shape index (κ1) is 14.4. The second-order valence-corrected chi connectivity index (χ2v) is 6.97. The standard InChI is InChI=1S/C12H17N3O2S2/c1-9-5-2-3-8-15(9)19(16,17)10-6-4-7-14-11(10)12(13)18/h4,6-7,9H,2-3,5,8H2,1H3,(H2,13,18). The Labute approximate surface area is 118 Å². The maximum absolute atomic E-state index is 12.7. The summed E-state index contributed by atoms with van der Waals surface area (Å²) in [6.07, 6.45) is 4.31. The van der Waals surface area contributed by atoms with E-state index >= 15 is 0 Å². The highest BCUT2D eigenvalue weighted by Crippen LogP contribution is 2.26. The van der Waals surface area contributed by atoms with E-state index in [9.17, 15) is 8.42 Å². The first-order valence-corrected chi connectivity index (χ1v) is 8.06. The van der Waals surface area contributed by atoms with Gasteiger partial charge >= 0.3 is 0 Å². The van der Waals surface area contributed by atoms with Gasteiger partial charge in [-0.2, -0.15) is 4.31 Å². The molecule has 2 heterocycles. The van der Waals surface area contributed by atoms with Crippen LogP contribution < -0.4 is 5.73 Å². The molecule has 1 saturated heterocycles. The Morgan fingerprint density at radius 2 is 2.26 bits per heavy atom. The summed E-state index contributed by atoms with van der Waals surface area (Å²) in [6, 6.07) is 3.10. The molecule has 2 N–H and O–H groups in total. The molecule has 1 fully saturated rings. The number of sulfonamides is 1. The fourth-order valence-corrected chi connectivity index (χ4v) is 4.43. The summed E-state index contributed by atoms with van der Waals surface area (Å²) in [7, 11) is -3.58. The number of aromatic nitrogens is 1. The predicted octanol–water partition coefficient (Wildman–Crippen LogP) is 1.28. The molecule has 2 rings (SSSR count). The molecule has 5 nitrogen and oxygen atoms in total. The van der Waals surface area contributed by atoms with Crippen molar-refractivity contribution in [2.45, 2.75) is 37.1 Å². The van der Waals surface area contributed by atoms with E-state index in [2.05, 4.69) is 4.98 Å². The van der Waals surface area contributed by atoms with Gasteiger partial charge in [-0.3, -0.25) is 4.98 Å². The van der Waals surface area contributed by atoms with Gasteiger partial charge in [0, 0.05) is 18.8 Å². The number of pyridine rings is 1. The predicted molar refractivity (Wildman–Crippen MR) is 77.3 cm³/mol. The molecule has 1 aliphatic rings. The van der Waals surface area contributed by atoms with Crippen LogP contribution >= 0.6 is 12.2 Å². The Morgan fingerprint density at radius 1 is 1.53 bits per heavy atom. The van der Waals surface area contributed by atoms with Gasteiger partial charge in [0.15, 0.2) is 0 Å². The van der Waals surface area contributed by atoms with Crippen molar-refractivity contribution in [1.29, 1.82) is 0 Å². The van der Waals surface area contributed by atoms with E-state index in [1.165, 1.54) is 16.6 Å². The van der Waals surface area contributed by atoms with Gasteiger partial charge in [0.2, 0.25) is 10.0 Å². The van der Waals surface area contributed by atoms with Crippen LogP contribution in [0.3, 0.4) is 0 Å². The van der Waals surface area contributed by atoms with Crippen LogP contribution in [0.5, 0.6) is 0 Å². The minimum atomic E-state index is -3.58. The summed E-state index contributed by atoms with van der Waals surface area (Å²) in [6.45, 7) is 2.46. The highest BCUT2D eigenvalue weighted by Gasteiger charge is 2.33. The Hall–Kier alpha value is -1.05. The molecule has 1 aromatic heterocycles. The summed E-state index contributed by atoms with van der Waals surface area (Å²) in [5.74, 6) is 0. The minimum Gasteiger partial charge on any atom is -0.388 e. The molecule has 1 unspecified atom stereocenters. The van der Waals surface area contributed by atoms with Crippen LogP contribution in [-0.4, -0.2) is 35.3 Å². The molecule has 0 aromatic carbocycles. The lowest BCUT2D eigenvalue weighted by molar-refractivity contribution is 0.268. The largest absolute Gasteiger partial charge is 0.388 e. The van der Waals surface area contributed by atoms with E-state index in [0.717, 1.165) is 19.3 Å². The first-order valence-electron chi connectivity index (χ1n) is 6.21. The third-order valence-corrected chi connectivity index (χ3v) is 5.57. The van der Waals surface area contributed by atoms with Crippen molar-refractivity contribution < 1.29 is 8.42 Å². The molecule has 104 valence electrons. The molecule has 0 bridgehead atoms. The fraction of sp³-hybridized carbons (Fsp3) is 0.500. The number of nitrogens with two attached hydrogens (primary N) is 1. The van der Waals surface area contributed by atoms with Gasteiger partial charge in [0.05, 0.1) is 0 Å². The van der Waals surface area contributed by atoms with E-state index in [-0.39, 0.29) is 21.6 Å². The molecule has 1 aromatic rings. The van der Waals surface area contributed by atoms with Crippen molar-refractivity contribution in [2.24, 2.45) is 5.73 Å². The summed E-state index contributed by atoms with van der Waals surface area (Å²) < 4.78 is 26.9. The Morgan fingerprint density at radius 3 is 2.89 bits per heavy atom. The van der Waals surface area contributed by atoms with Crippen LogP contribution in [0.15, 0.2) is 23.2 Å². The van der Waals surface area contributed by atoms with Crippen LogP contribution in [0.4, 0.5) is 0 Å². The van der Waals surface area contributed by atoms with E-state index < -0.39 is 10.0 Å². The third-order valence-electron chi connectivity index (χ3n) is 3.33. The Bertz CT molecular complexity index is 586. The molecule has 0 amide bonds. The summed E-state index contributed by atoms with van der Waals surface area (Å²) >= 11 is 4.88. The van der Waals surface area contributed by atoms with E-state index in [1.54, 1.807) is 6.07 Å². The SMILES string of the molecule is CC1CCCCN1S(=O)(=O)c1cccnc1C(N)=S. The zero-order valence-electron chi connectivity index (χ0n) is 10.7. The van der Waals surface area contributed by atoms with E-state index in [0.29, 0.717) is 6.54 Å². The van der Waals surface area contributed by atoms with E-state index in [4.69, 9.17) is 18.0 Å². The van der Waals surface area contributed by atoms with Crippen molar-refractivity contribution in [2.75, 3.05) is 6.54 Å². The van der Waals surface area contributed by atoms with Crippen LogP contribution in [0.1, 0.15) is 31.9 Å². The quantitative estimate of drug-likeness (QED) is 0.851. The topological polar surface area (TPSA) is 76.3 Å². The Kier molecular flexibility index (Phi) is 4.17. The number of thiocarbonyl (C=S) groups is 1. The van der Waals surface area contributed by atoms with E-state index in [1.807, 2.05) is 6.92 Å². The number of nitrogens with zero attached hydrogens (tertiary/aromatic N) is 2. The molecule has 19 heavy (non-hydrogen) atoms. The number of piperidine rings is 1. The van der Waals surface area contributed by atoms with Crippen molar-refractivity contribution >= 4 is 27.2 Å². The third kappa shape index (κ3) is 2.77. The van der Waals surface area contributed by atoms with Crippen LogP contribution in [0, 0.1) is 0 Å². The van der Waals surface area contributed by atoms with Gasteiger partial charge in [-0.15, -0.1) is 0 Å². The molecule has 0 aliphatic carbocycles. The average Bonchev–Trinajstić information content (AvgIpc) is 2.39. The lowest BCUT2D eigenvalue weighted by atomic mass is 10.1. The normalized spacial score (nSPS) is 21.2. The maximum Gasteiger partial charge on any atom is 0.245 e. The zero-order chi connectivity index (χ0) is 14.0. The van der Waals surface area contributed by atoms with Crippen LogP contribution in [-0.2, 0) is 10.0 Å². The van der Waals surface area contributed by atoms with Gasteiger partial charge in [0.25, 0.3) is 0 Å². The Balaban J connectivity index is 2.47. The number of rotatable bonds is 3. The van der Waals surface area contributed by atoms with Gasteiger partial charge in [-0.05, 0) is 31.9 Å². The lowest BCUT2D eigenvalue weighted by Gasteiger charge is -2.32. The minimum absolute atomic E-state index is 0.00171. The van der Waals surface area contributed by atoms with Crippen LogP contribution in [0.25, 0.3) is 0 Å². The average molecular weight is 299 g/mol. The lowest BCUT2D eigenvalue weighted by Crippen LogP contribution is -2.42. The second-order valence-electron chi connectivity index (χ2n) is 4.67. The molecular formula is C12H17N3O2S2. The smallest absolute Gasteiger partial charge is 0.245 e. The molecule has 7 heteroatoms. The van der Waals surface area contributed by atoms with Crippen molar-refractivity contribution in [3.8, 4) is 0 Å². The van der Waals surface area contributed by atoms with Gasteiger partial charge < -0.3 is 5.73 Å². The highest BCUT2D eigenvalue weighted by molar-refractivity contribution is 7.89. The molecule has 1 atom stereocenters. The highest BCUT2D eigenvalue weighted by atomic mass is 32.2. The van der Waals surface area contributed by atoms with Gasteiger partial charge in [-0.1, -0.05) is 18.6 Å². The zero-order valence-corrected chi connectivity index (χ0v) is 12.4. The molecule has 1 aliphatic heterocycles. The van der Waals surface area contributed by atoms with Crippen molar-refractivity contribution in [3.05, 3.63) is 24.0 Å².